The first-order valence-corrected chi connectivity index (χ1v) is 21.8. The van der Waals surface area contributed by atoms with Gasteiger partial charge in [-0.3, -0.25) is 62.1 Å². The minimum absolute atomic E-state index is 0.0459. The molecular weight excluding hydrogens is 845 g/mol. The number of rotatable bonds is 12. The standard InChI is InChI=1S/C50H44N6O10/c1-7-52(17-19-54-45(61)32-21-30-31(22-33(32)46(54)62)42(58)40(41(30)57)51(5)6)28-13-9-26(10-14-28)38-43(59)39(44(38)60)27-11-15-29(16-12-27)53(8-2)18-20-55-47(63)34-23-36-37(24-35(34)48(55)64)50(66)56(25(3)4)49(36)65/h9-16,21-25,40H,7-8,17-20H2,1-6H3/p+1. The number of carbonyl (C=O) groups is 5. The highest BCUT2D eigenvalue weighted by molar-refractivity contribution is 6.39. The number of ketones is 3. The molecule has 16 nitrogen and oxygen atoms in total. The van der Waals surface area contributed by atoms with Crippen LogP contribution in [0.3, 0.4) is 0 Å². The molecule has 0 fully saturated rings. The van der Waals surface area contributed by atoms with Gasteiger partial charge in [-0.25, -0.2) is 4.58 Å². The van der Waals surface area contributed by atoms with Gasteiger partial charge in [0.25, 0.3) is 34.1 Å². The number of hydrogen-bond acceptors (Lipinski definition) is 12. The minimum atomic E-state index is -0.983. The predicted molar refractivity (Wildman–Crippen MR) is 248 cm³/mol. The summed E-state index contributed by atoms with van der Waals surface area (Å²) in [6.07, 6.45) is 7.03. The lowest BCUT2D eigenvalue weighted by molar-refractivity contribution is -0.522. The van der Waals surface area contributed by atoms with Gasteiger partial charge in [0.2, 0.25) is 5.78 Å². The fourth-order valence-electron chi connectivity index (χ4n) is 9.54. The summed E-state index contributed by atoms with van der Waals surface area (Å²) in [7, 11) is 3.25. The minimum Gasteiger partial charge on any atom is -0.506 e. The third-order valence-electron chi connectivity index (χ3n) is 13.1. The molecule has 4 aliphatic rings. The Morgan fingerprint density at radius 1 is 0.667 bits per heavy atom. The number of aromatic nitrogens is 2. The molecule has 0 spiro atoms. The lowest BCUT2D eigenvalue weighted by Crippen LogP contribution is -2.37. The van der Waals surface area contributed by atoms with Crippen molar-refractivity contribution in [3.63, 3.8) is 0 Å². The Morgan fingerprint density at radius 2 is 1.20 bits per heavy atom. The average molecular weight is 890 g/mol. The topological polar surface area (TPSA) is 196 Å². The summed E-state index contributed by atoms with van der Waals surface area (Å²) >= 11 is 0. The first kappa shape index (κ1) is 43.5. The Morgan fingerprint density at radius 3 is 1.67 bits per heavy atom. The first-order chi connectivity index (χ1) is 31.5. The monoisotopic (exact) mass is 889 g/mol. The van der Waals surface area contributed by atoms with Crippen LogP contribution in [0.1, 0.15) is 80.7 Å². The number of aliphatic hydroxyl groups excluding tert-OH is 1. The quantitative estimate of drug-likeness (QED) is 0.0832. The van der Waals surface area contributed by atoms with E-state index in [2.05, 4.69) is 0 Å². The van der Waals surface area contributed by atoms with E-state index in [0.29, 0.717) is 24.2 Å². The zero-order chi connectivity index (χ0) is 47.2. The normalized spacial score (nSPS) is 16.2. The van der Waals surface area contributed by atoms with Crippen molar-refractivity contribution in [1.29, 1.82) is 0 Å². The van der Waals surface area contributed by atoms with E-state index in [1.165, 1.54) is 29.2 Å². The maximum absolute atomic E-state index is 13.5. The van der Waals surface area contributed by atoms with Crippen molar-refractivity contribution in [2.45, 2.75) is 46.3 Å². The Labute approximate surface area is 376 Å². The number of hydrogen-bond donors (Lipinski definition) is 1. The molecule has 0 bridgehead atoms. The van der Waals surface area contributed by atoms with Crippen LogP contribution in [0, 0.1) is 0 Å². The molecule has 3 aromatic carbocycles. The molecule has 334 valence electrons. The van der Waals surface area contributed by atoms with Crippen molar-refractivity contribution in [3.8, 4) is 0 Å². The molecule has 0 saturated carbocycles. The number of carbonyl (C=O) groups excluding carboxylic acids is 5. The number of allylic oxidation sites excluding steroid dienone is 7. The van der Waals surface area contributed by atoms with Crippen LogP contribution in [-0.4, -0.2) is 116 Å². The summed E-state index contributed by atoms with van der Waals surface area (Å²) < 4.78 is 4.19. The Hall–Kier alpha value is -7.72. The molecule has 0 unspecified atom stereocenters. The van der Waals surface area contributed by atoms with Crippen molar-refractivity contribution >= 4 is 67.7 Å². The molecular formula is C50H45N6O10+. The third-order valence-corrected chi connectivity index (χ3v) is 13.1. The van der Waals surface area contributed by atoms with E-state index < -0.39 is 51.7 Å². The predicted octanol–water partition coefficient (Wildman–Crippen LogP) is 3.37. The summed E-state index contributed by atoms with van der Waals surface area (Å²) in [5.74, 6) is -2.34. The van der Waals surface area contributed by atoms with E-state index in [9.17, 15) is 48.3 Å². The zero-order valence-electron chi connectivity index (χ0n) is 37.1. The van der Waals surface area contributed by atoms with E-state index in [1.54, 1.807) is 76.5 Å². The molecule has 2 amide bonds. The van der Waals surface area contributed by atoms with Crippen LogP contribution in [0.2, 0.25) is 0 Å². The Bertz CT molecular complexity index is 3290. The van der Waals surface area contributed by atoms with Crippen molar-refractivity contribution < 1.29 is 33.7 Å². The molecule has 66 heavy (non-hydrogen) atoms. The van der Waals surface area contributed by atoms with Crippen molar-refractivity contribution in [3.05, 3.63) is 159 Å². The number of anilines is 1. The van der Waals surface area contributed by atoms with Crippen LogP contribution < -0.4 is 27.1 Å². The van der Waals surface area contributed by atoms with Crippen molar-refractivity contribution in [1.82, 2.24) is 18.9 Å². The van der Waals surface area contributed by atoms with Gasteiger partial charge < -0.3 is 10.0 Å². The van der Waals surface area contributed by atoms with Gasteiger partial charge in [-0.15, -0.1) is 0 Å². The third kappa shape index (κ3) is 6.53. The zero-order valence-corrected chi connectivity index (χ0v) is 37.1. The highest BCUT2D eigenvalue weighted by Crippen LogP contribution is 2.39. The van der Waals surface area contributed by atoms with E-state index >= 15 is 0 Å². The molecule has 2 aromatic heterocycles. The molecule has 1 N–H and O–H groups in total. The number of benzene rings is 3. The van der Waals surface area contributed by atoms with Gasteiger partial charge in [0, 0.05) is 54.6 Å². The van der Waals surface area contributed by atoms with Crippen LogP contribution in [0.5, 0.6) is 0 Å². The van der Waals surface area contributed by atoms with Crippen LogP contribution in [0.15, 0.2) is 109 Å². The number of nitrogens with zero attached hydrogens (tertiary/aromatic N) is 6. The smallest absolute Gasteiger partial charge is 0.261 e. The maximum Gasteiger partial charge on any atom is 0.261 e. The Balaban J connectivity index is 0.866. The summed E-state index contributed by atoms with van der Waals surface area (Å²) in [6, 6.07) is 11.1. The molecule has 1 aliphatic heterocycles. The summed E-state index contributed by atoms with van der Waals surface area (Å²) in [4.78, 5) is 124. The molecule has 9 rings (SSSR count). The highest BCUT2D eigenvalue weighted by atomic mass is 16.3. The number of Topliss-reactive ketones (excluding diaryl/α,β-unsaturated/α-hetero) is 3. The van der Waals surface area contributed by atoms with Gasteiger partial charge in [0.05, 0.1) is 50.4 Å². The van der Waals surface area contributed by atoms with E-state index in [1.807, 2.05) is 23.3 Å². The van der Waals surface area contributed by atoms with Crippen molar-refractivity contribution in [2.24, 2.45) is 0 Å². The second kappa shape index (κ2) is 16.1. The molecule has 3 heterocycles. The fourth-order valence-corrected chi connectivity index (χ4v) is 9.54. The van der Waals surface area contributed by atoms with E-state index in [0.717, 1.165) is 25.4 Å². The number of likely N-dealkylation sites (N-methyl/N-ethyl adjacent to an activating group) is 3. The molecule has 5 aromatic rings. The Kier molecular flexibility index (Phi) is 10.6. The van der Waals surface area contributed by atoms with Crippen LogP contribution in [0.25, 0.3) is 27.1 Å². The SMILES string of the molecule is CCN(CCn1c(=O)c2cc3c(=O)n(C(C)C)c(=O)c3cc2c1=O)c1ccc(C2=C(O)C(=C3C=CC(=[N+](CC)CCN4C(=O)c5cc6c(cc5C4=O)C(=O)C(N(C)C)C6=O)C=C3)C2=O)cc1. The highest BCUT2D eigenvalue weighted by Gasteiger charge is 2.45. The average Bonchev–Trinajstić information content (AvgIpc) is 3.89. The van der Waals surface area contributed by atoms with Gasteiger partial charge in [-0.1, -0.05) is 12.1 Å². The van der Waals surface area contributed by atoms with Crippen molar-refractivity contribution in [2.75, 3.05) is 51.7 Å². The van der Waals surface area contributed by atoms with Gasteiger partial charge in [0.15, 0.2) is 23.8 Å². The van der Waals surface area contributed by atoms with Crippen LogP contribution in [0.4, 0.5) is 5.69 Å². The largest absolute Gasteiger partial charge is 0.506 e. The summed E-state index contributed by atoms with van der Waals surface area (Å²) in [6.45, 7) is 8.98. The summed E-state index contributed by atoms with van der Waals surface area (Å²) in [5, 5.41) is 11.6. The number of amides is 2. The first-order valence-electron chi connectivity index (χ1n) is 21.8. The number of fused-ring (bicyclic) bond motifs is 4. The molecule has 0 saturated heterocycles. The molecule has 0 atom stereocenters. The second-order valence-electron chi connectivity index (χ2n) is 17.3. The van der Waals surface area contributed by atoms with Gasteiger partial charge >= 0.3 is 0 Å². The number of aliphatic hydroxyl groups is 1. The lowest BCUT2D eigenvalue weighted by atomic mass is 9.80. The van der Waals surface area contributed by atoms with E-state index in [4.69, 9.17) is 0 Å². The second-order valence-corrected chi connectivity index (χ2v) is 17.3. The fraction of sp³-hybridized carbons (Fsp3) is 0.280. The number of imide groups is 1. The lowest BCUT2D eigenvalue weighted by Gasteiger charge is -2.25. The van der Waals surface area contributed by atoms with Crippen LogP contribution >= 0.6 is 0 Å². The molecule has 0 radical (unpaired) electrons. The van der Waals surface area contributed by atoms with Gasteiger partial charge in [0.1, 0.15) is 18.3 Å². The van der Waals surface area contributed by atoms with E-state index in [-0.39, 0.29) is 98.7 Å². The summed E-state index contributed by atoms with van der Waals surface area (Å²) in [5.41, 5.74) is 1.30. The van der Waals surface area contributed by atoms with Gasteiger partial charge in [-0.2, -0.15) is 0 Å². The maximum atomic E-state index is 13.5. The molecule has 16 heteroatoms. The van der Waals surface area contributed by atoms with Crippen LogP contribution in [-0.2, 0) is 11.3 Å². The molecule has 3 aliphatic carbocycles. The van der Waals surface area contributed by atoms with Gasteiger partial charge in [-0.05, 0) is 101 Å².